The molecule has 56 heavy (non-hydrogen) atoms. The van der Waals surface area contributed by atoms with E-state index < -0.39 is 38.7 Å². The van der Waals surface area contributed by atoms with Crippen LogP contribution in [0.3, 0.4) is 0 Å². The molecule has 4 atom stereocenters. The van der Waals surface area contributed by atoms with Gasteiger partial charge in [0, 0.05) is 10.8 Å². The highest BCUT2D eigenvalue weighted by Gasteiger charge is 2.54. The number of nitrogens with one attached hydrogen (secondary N) is 3. The van der Waals surface area contributed by atoms with Gasteiger partial charge in [-0.1, -0.05) is 126 Å². The Kier molecular flexibility index (Phi) is 14.1. The van der Waals surface area contributed by atoms with Gasteiger partial charge in [-0.25, -0.2) is 13.1 Å². The molecule has 3 aromatic rings. The van der Waals surface area contributed by atoms with Crippen molar-refractivity contribution in [3.05, 3.63) is 34.5 Å². The van der Waals surface area contributed by atoms with E-state index in [0.29, 0.717) is 46.5 Å². The molecular formula is C41H68N10O4S. The fraction of sp³-hybridized carbons (Fsp3) is 0.756. The Morgan fingerprint density at radius 1 is 0.804 bits per heavy atom. The summed E-state index contributed by atoms with van der Waals surface area (Å²) in [6.45, 7) is 21.2. The number of hydrogen-bond acceptors (Lipinski definition) is 10. The number of aromatic amines is 1. The lowest BCUT2D eigenvalue weighted by atomic mass is 9.66. The molecule has 4 heterocycles. The monoisotopic (exact) mass is 797 g/mol. The SMILES string of the molecule is CCCCCCCCCNC(C)c1n[nH]c2c(C3=C(O)C(C4C(C(C)(C)C)=Nn5c(C(C)NS(=O)(=O)CCCCCCCC)nnc54)C3=O)c(C(C)(C)C)nn12. The molecule has 4 N–H and O–H groups in total. The predicted molar refractivity (Wildman–Crippen MR) is 222 cm³/mol. The highest BCUT2D eigenvalue weighted by Crippen LogP contribution is 2.51. The first kappa shape index (κ1) is 43.7. The number of H-pyrrole nitrogens is 1. The van der Waals surface area contributed by atoms with Crippen LogP contribution >= 0.6 is 0 Å². The van der Waals surface area contributed by atoms with E-state index in [0.717, 1.165) is 45.1 Å². The lowest BCUT2D eigenvalue weighted by molar-refractivity contribution is -0.119. The molecule has 0 bridgehead atoms. The molecule has 0 radical (unpaired) electrons. The van der Waals surface area contributed by atoms with Gasteiger partial charge in [0.15, 0.2) is 28.9 Å². The van der Waals surface area contributed by atoms with Crippen LogP contribution in [0.5, 0.6) is 0 Å². The second kappa shape index (κ2) is 18.0. The second-order valence-corrected chi connectivity index (χ2v) is 20.0. The van der Waals surface area contributed by atoms with Gasteiger partial charge in [-0.2, -0.15) is 24.5 Å². The number of unbranched alkanes of at least 4 members (excludes halogenated alkanes) is 11. The predicted octanol–water partition coefficient (Wildman–Crippen LogP) is 8.20. The fourth-order valence-electron chi connectivity index (χ4n) is 7.96. The average Bonchev–Trinajstić information content (AvgIpc) is 3.89. The average molecular weight is 797 g/mol. The normalized spacial score (nSPS) is 18.8. The number of nitrogens with zero attached hydrogens (tertiary/aromatic N) is 7. The van der Waals surface area contributed by atoms with Gasteiger partial charge < -0.3 is 10.4 Å². The Morgan fingerprint density at radius 3 is 2.00 bits per heavy atom. The number of hydrogen-bond donors (Lipinski definition) is 4. The Bertz CT molecular complexity index is 1990. The number of ketones is 1. The molecular weight excluding hydrogens is 729 g/mol. The van der Waals surface area contributed by atoms with E-state index in [2.05, 4.69) is 51.2 Å². The van der Waals surface area contributed by atoms with Crippen molar-refractivity contribution in [3.63, 3.8) is 0 Å². The van der Waals surface area contributed by atoms with E-state index in [-0.39, 0.29) is 28.9 Å². The lowest BCUT2D eigenvalue weighted by Gasteiger charge is -2.35. The molecule has 15 heteroatoms. The van der Waals surface area contributed by atoms with Crippen molar-refractivity contribution < 1.29 is 18.3 Å². The lowest BCUT2D eigenvalue weighted by Crippen LogP contribution is -2.41. The van der Waals surface area contributed by atoms with Gasteiger partial charge in [-0.3, -0.25) is 9.89 Å². The maximum atomic E-state index is 14.5. The number of fused-ring (bicyclic) bond motifs is 2. The summed E-state index contributed by atoms with van der Waals surface area (Å²) >= 11 is 0. The van der Waals surface area contributed by atoms with E-state index in [4.69, 9.17) is 10.2 Å². The molecule has 1 aliphatic carbocycles. The quantitative estimate of drug-likeness (QED) is 0.0728. The zero-order chi connectivity index (χ0) is 41.0. The van der Waals surface area contributed by atoms with E-state index in [1.165, 1.54) is 38.5 Å². The van der Waals surface area contributed by atoms with Gasteiger partial charge in [-0.15, -0.1) is 10.2 Å². The smallest absolute Gasteiger partial charge is 0.212 e. The van der Waals surface area contributed by atoms with E-state index in [1.807, 2.05) is 41.5 Å². The van der Waals surface area contributed by atoms with Crippen LogP contribution in [0.1, 0.15) is 199 Å². The summed E-state index contributed by atoms with van der Waals surface area (Å²) < 4.78 is 32.2. The molecule has 0 saturated carbocycles. The number of rotatable bonds is 22. The van der Waals surface area contributed by atoms with Gasteiger partial charge in [0.1, 0.15) is 5.76 Å². The van der Waals surface area contributed by atoms with Gasteiger partial charge >= 0.3 is 0 Å². The van der Waals surface area contributed by atoms with Crippen LogP contribution in [0.2, 0.25) is 0 Å². The third kappa shape index (κ3) is 9.47. The first-order valence-corrected chi connectivity index (χ1v) is 22.8. The fourth-order valence-corrected chi connectivity index (χ4v) is 9.31. The number of carbonyl (C=O) groups is 1. The molecule has 0 saturated heterocycles. The zero-order valence-corrected chi connectivity index (χ0v) is 36.4. The van der Waals surface area contributed by atoms with Crippen LogP contribution in [0, 0.1) is 11.3 Å². The number of sulfonamides is 1. The van der Waals surface area contributed by atoms with Crippen molar-refractivity contribution in [2.24, 2.45) is 16.4 Å². The third-order valence-electron chi connectivity index (χ3n) is 11.1. The second-order valence-electron chi connectivity index (χ2n) is 18.1. The Balaban J connectivity index is 1.38. The molecule has 0 aromatic carbocycles. The molecule has 312 valence electrons. The van der Waals surface area contributed by atoms with Crippen LogP contribution in [0.25, 0.3) is 11.2 Å². The molecule has 1 aliphatic heterocycles. The largest absolute Gasteiger partial charge is 0.511 e. The number of aliphatic hydroxyl groups is 1. The van der Waals surface area contributed by atoms with Crippen LogP contribution < -0.4 is 10.0 Å². The zero-order valence-electron chi connectivity index (χ0n) is 35.6. The Hall–Kier alpha value is -3.43. The molecule has 5 rings (SSSR count). The highest BCUT2D eigenvalue weighted by atomic mass is 32.2. The van der Waals surface area contributed by atoms with E-state index >= 15 is 0 Å². The molecule has 0 fully saturated rings. The van der Waals surface area contributed by atoms with Crippen LogP contribution in [0.15, 0.2) is 10.9 Å². The number of aromatic nitrogens is 7. The standard InChI is InChI=1S/C41H68N10O4S/c1-11-13-15-17-19-20-22-24-42-26(3)36-43-45-38-30(34(40(5,6)7)47-50(36)38)28-32(52)29(33(28)53)31-35(41(8,9)10)48-51-37(44-46-39(31)51)27(4)49-56(54,55)25-23-21-18-16-14-12-2/h26-27,29,31,42,45,49,52H,11-25H2,1-10H3. The van der Waals surface area contributed by atoms with Gasteiger partial charge in [0.25, 0.3) is 0 Å². The first-order chi connectivity index (χ1) is 26.4. The minimum Gasteiger partial charge on any atom is -0.511 e. The van der Waals surface area contributed by atoms with E-state index in [1.54, 1.807) is 16.1 Å². The molecule has 2 aliphatic rings. The van der Waals surface area contributed by atoms with Crippen molar-refractivity contribution >= 4 is 32.7 Å². The minimum atomic E-state index is -3.58. The maximum Gasteiger partial charge on any atom is 0.212 e. The summed E-state index contributed by atoms with van der Waals surface area (Å²) in [5.41, 5.74) is 1.72. The number of aliphatic hydroxyl groups excluding tert-OH is 1. The van der Waals surface area contributed by atoms with Gasteiger partial charge in [0.2, 0.25) is 10.0 Å². The van der Waals surface area contributed by atoms with Crippen molar-refractivity contribution in [1.29, 1.82) is 0 Å². The van der Waals surface area contributed by atoms with Gasteiger partial charge in [0.05, 0.1) is 52.2 Å². The third-order valence-corrected chi connectivity index (χ3v) is 12.7. The van der Waals surface area contributed by atoms with Crippen molar-refractivity contribution in [2.45, 2.75) is 176 Å². The Labute approximate surface area is 334 Å². The summed E-state index contributed by atoms with van der Waals surface area (Å²) in [6, 6.07) is -0.803. The number of allylic oxidation sites excluding steroid dienone is 2. The van der Waals surface area contributed by atoms with E-state index in [9.17, 15) is 18.3 Å². The summed E-state index contributed by atoms with van der Waals surface area (Å²) in [7, 11) is -3.58. The molecule has 4 unspecified atom stereocenters. The van der Waals surface area contributed by atoms with Crippen LogP contribution in [-0.2, 0) is 20.2 Å². The van der Waals surface area contributed by atoms with Crippen molar-refractivity contribution in [2.75, 3.05) is 12.3 Å². The number of carbonyl (C=O) groups excluding carboxylic acids is 1. The van der Waals surface area contributed by atoms with Crippen LogP contribution in [-0.4, -0.2) is 72.0 Å². The van der Waals surface area contributed by atoms with Crippen molar-refractivity contribution in [1.82, 2.24) is 44.7 Å². The molecule has 14 nitrogen and oxygen atoms in total. The molecule has 0 amide bonds. The summed E-state index contributed by atoms with van der Waals surface area (Å²) in [6.07, 6.45) is 14.6. The first-order valence-electron chi connectivity index (χ1n) is 21.2. The molecule has 3 aromatic heterocycles. The van der Waals surface area contributed by atoms with Gasteiger partial charge in [-0.05, 0) is 33.2 Å². The van der Waals surface area contributed by atoms with Crippen LogP contribution in [0.4, 0.5) is 0 Å². The summed E-state index contributed by atoms with van der Waals surface area (Å²) in [4.78, 5) is 14.5. The minimum absolute atomic E-state index is 0.0345. The maximum absolute atomic E-state index is 14.5. The summed E-state index contributed by atoms with van der Waals surface area (Å²) in [5.74, 6) is -0.437. The van der Waals surface area contributed by atoms with Crippen molar-refractivity contribution in [3.8, 4) is 0 Å². The topological polar surface area (TPSA) is 185 Å². The number of Topliss-reactive ketones (excluding diaryl/α,β-unsaturated/α-hetero) is 1. The Morgan fingerprint density at radius 2 is 1.41 bits per heavy atom. The summed E-state index contributed by atoms with van der Waals surface area (Å²) in [5, 5.41) is 42.1. The highest BCUT2D eigenvalue weighted by molar-refractivity contribution is 7.89. The molecule has 0 spiro atoms.